The average molecular weight is 577 g/mol. The molecule has 1 fully saturated rings. The molecule has 1 atom stereocenters. The summed E-state index contributed by atoms with van der Waals surface area (Å²) in [5, 5.41) is 10.4. The highest BCUT2D eigenvalue weighted by Crippen LogP contribution is 2.44. The van der Waals surface area contributed by atoms with Gasteiger partial charge in [-0.25, -0.2) is 8.42 Å². The minimum atomic E-state index is -4.00. The minimum Gasteiger partial charge on any atom is -0.497 e. The summed E-state index contributed by atoms with van der Waals surface area (Å²) in [7, 11) is -2.53. The first-order valence-electron chi connectivity index (χ1n) is 12.1. The summed E-state index contributed by atoms with van der Waals surface area (Å²) >= 11 is 12.8. The van der Waals surface area contributed by atoms with Crippen LogP contribution in [-0.2, 0) is 14.8 Å². The summed E-state index contributed by atoms with van der Waals surface area (Å²) in [6.07, 6.45) is -0.571. The monoisotopic (exact) mass is 576 g/mol. The molecule has 0 spiro atoms. The van der Waals surface area contributed by atoms with Gasteiger partial charge in [0.1, 0.15) is 17.6 Å². The first-order chi connectivity index (χ1) is 18.2. The van der Waals surface area contributed by atoms with Gasteiger partial charge in [0.25, 0.3) is 10.0 Å². The van der Waals surface area contributed by atoms with E-state index in [2.05, 4.69) is 4.90 Å². The van der Waals surface area contributed by atoms with Gasteiger partial charge in [0, 0.05) is 47.2 Å². The Kier molecular flexibility index (Phi) is 7.35. The fraction of sp³-hybridized carbons (Fsp3) is 0.296. The second-order valence-electron chi connectivity index (χ2n) is 9.28. The van der Waals surface area contributed by atoms with Gasteiger partial charge in [0.2, 0.25) is 0 Å². The van der Waals surface area contributed by atoms with Crippen LogP contribution in [0.2, 0.25) is 10.0 Å². The van der Waals surface area contributed by atoms with Crippen LogP contribution < -0.4 is 18.7 Å². The van der Waals surface area contributed by atoms with E-state index in [1.54, 1.807) is 24.3 Å². The van der Waals surface area contributed by atoms with Crippen molar-refractivity contribution in [3.05, 3.63) is 76.3 Å². The normalized spacial score (nSPS) is 17.4. The van der Waals surface area contributed by atoms with Crippen molar-refractivity contribution >= 4 is 50.6 Å². The lowest BCUT2D eigenvalue weighted by molar-refractivity contribution is -0.137. The largest absolute Gasteiger partial charge is 0.497 e. The molecule has 38 heavy (non-hydrogen) atoms. The molecule has 0 radical (unpaired) electrons. The number of carbonyl (C=O) groups is 1. The summed E-state index contributed by atoms with van der Waals surface area (Å²) in [4.78, 5) is 13.4. The smallest absolute Gasteiger partial charge is 0.303 e. The number of anilines is 2. The number of fused-ring (bicyclic) bond motifs is 1. The van der Waals surface area contributed by atoms with Crippen molar-refractivity contribution in [3.63, 3.8) is 0 Å². The van der Waals surface area contributed by atoms with Crippen LogP contribution in [0, 0.1) is 0 Å². The Morgan fingerprint density at radius 2 is 1.76 bits per heavy atom. The molecule has 0 bridgehead atoms. The average Bonchev–Trinajstić information content (AvgIpc) is 2.87. The van der Waals surface area contributed by atoms with Crippen molar-refractivity contribution in [2.45, 2.75) is 29.8 Å². The van der Waals surface area contributed by atoms with E-state index in [1.165, 1.54) is 23.5 Å². The van der Waals surface area contributed by atoms with E-state index in [1.807, 2.05) is 24.3 Å². The van der Waals surface area contributed by atoms with Gasteiger partial charge in [-0.05, 0) is 54.4 Å². The molecule has 2 heterocycles. The van der Waals surface area contributed by atoms with Crippen LogP contribution in [0.25, 0.3) is 0 Å². The molecule has 2 aliphatic rings. The third-order valence-corrected chi connectivity index (χ3v) is 9.27. The van der Waals surface area contributed by atoms with Gasteiger partial charge < -0.3 is 19.5 Å². The lowest BCUT2D eigenvalue weighted by Crippen LogP contribution is -2.46. The molecule has 0 saturated carbocycles. The van der Waals surface area contributed by atoms with Crippen molar-refractivity contribution in [3.8, 4) is 11.5 Å². The van der Waals surface area contributed by atoms with Gasteiger partial charge in [-0.1, -0.05) is 35.3 Å². The lowest BCUT2D eigenvalue weighted by Gasteiger charge is -2.43. The predicted octanol–water partition coefficient (Wildman–Crippen LogP) is 5.43. The van der Waals surface area contributed by atoms with Crippen molar-refractivity contribution in [2.24, 2.45) is 0 Å². The fourth-order valence-corrected chi connectivity index (χ4v) is 7.06. The SMILES string of the molecule is COc1cccc(S(=O)(=O)N2CC(CCC(=O)O)Oc3ccc(N4CC(c5c(Cl)cccc5Cl)C4)cc32)c1. The van der Waals surface area contributed by atoms with Crippen molar-refractivity contribution in [2.75, 3.05) is 35.9 Å². The van der Waals surface area contributed by atoms with E-state index in [-0.39, 0.29) is 30.2 Å². The maximum absolute atomic E-state index is 13.8. The minimum absolute atomic E-state index is 0.0128. The zero-order valence-electron chi connectivity index (χ0n) is 20.5. The quantitative estimate of drug-likeness (QED) is 0.382. The molecule has 0 aromatic heterocycles. The Bertz CT molecular complexity index is 1460. The number of carboxylic acids is 1. The molecular formula is C27H26Cl2N2O6S. The molecule has 1 saturated heterocycles. The Labute approximate surface area is 231 Å². The van der Waals surface area contributed by atoms with Crippen LogP contribution in [0.5, 0.6) is 11.5 Å². The maximum Gasteiger partial charge on any atom is 0.303 e. The first-order valence-corrected chi connectivity index (χ1v) is 14.2. The molecule has 2 aliphatic heterocycles. The van der Waals surface area contributed by atoms with Crippen LogP contribution in [0.4, 0.5) is 11.4 Å². The molecule has 1 unspecified atom stereocenters. The fourth-order valence-electron chi connectivity index (χ4n) is 4.82. The zero-order valence-corrected chi connectivity index (χ0v) is 22.8. The Hall–Kier alpha value is -3.14. The molecule has 0 amide bonds. The van der Waals surface area contributed by atoms with Gasteiger partial charge in [0.05, 0.1) is 24.2 Å². The highest BCUT2D eigenvalue weighted by Gasteiger charge is 2.37. The number of methoxy groups -OCH3 is 1. The van der Waals surface area contributed by atoms with Crippen LogP contribution in [0.3, 0.4) is 0 Å². The van der Waals surface area contributed by atoms with Crippen molar-refractivity contribution in [1.82, 2.24) is 0 Å². The summed E-state index contributed by atoms with van der Waals surface area (Å²) in [6.45, 7) is 1.33. The highest BCUT2D eigenvalue weighted by atomic mass is 35.5. The second kappa shape index (κ2) is 10.6. The second-order valence-corrected chi connectivity index (χ2v) is 12.0. The van der Waals surface area contributed by atoms with Gasteiger partial charge >= 0.3 is 5.97 Å². The summed E-state index contributed by atoms with van der Waals surface area (Å²) < 4.78 is 40.3. The van der Waals surface area contributed by atoms with Gasteiger partial charge in [-0.15, -0.1) is 0 Å². The molecule has 5 rings (SSSR count). The molecule has 1 N–H and O–H groups in total. The van der Waals surface area contributed by atoms with E-state index in [0.717, 1.165) is 11.3 Å². The molecule has 8 nitrogen and oxygen atoms in total. The number of rotatable bonds is 8. The maximum atomic E-state index is 13.8. The molecule has 3 aromatic carbocycles. The van der Waals surface area contributed by atoms with E-state index in [0.29, 0.717) is 40.3 Å². The van der Waals surface area contributed by atoms with E-state index >= 15 is 0 Å². The molecular weight excluding hydrogens is 551 g/mol. The first kappa shape index (κ1) is 26.5. The van der Waals surface area contributed by atoms with E-state index in [9.17, 15) is 13.2 Å². The highest BCUT2D eigenvalue weighted by molar-refractivity contribution is 7.92. The standard InChI is InChI=1S/C27H26Cl2N2O6S/c1-36-19-4-2-5-21(13-19)38(34,35)31-16-20(9-11-26(32)33)37-25-10-8-18(12-24(25)31)30-14-17(15-30)27-22(28)6-3-7-23(27)29/h2-8,10,12-13,17,20H,9,11,14-16H2,1H3,(H,32,33). The summed E-state index contributed by atoms with van der Waals surface area (Å²) in [5.41, 5.74) is 2.15. The Morgan fingerprint density at radius 1 is 1.05 bits per heavy atom. The summed E-state index contributed by atoms with van der Waals surface area (Å²) in [5.74, 6) is -0.0166. The number of halogens is 2. The molecule has 0 aliphatic carbocycles. The zero-order chi connectivity index (χ0) is 27.0. The third-order valence-electron chi connectivity index (χ3n) is 6.84. The van der Waals surface area contributed by atoms with Crippen molar-refractivity contribution in [1.29, 1.82) is 0 Å². The van der Waals surface area contributed by atoms with Crippen LogP contribution in [0.15, 0.2) is 65.6 Å². The number of benzene rings is 3. The number of carboxylic acid groups (broad SMARTS) is 1. The predicted molar refractivity (Wildman–Crippen MR) is 147 cm³/mol. The van der Waals surface area contributed by atoms with E-state index in [4.69, 9.17) is 37.8 Å². The number of hydrogen-bond acceptors (Lipinski definition) is 6. The summed E-state index contributed by atoms with van der Waals surface area (Å²) in [6, 6.07) is 17.1. The van der Waals surface area contributed by atoms with Crippen LogP contribution >= 0.6 is 23.2 Å². The number of nitrogens with zero attached hydrogens (tertiary/aromatic N) is 2. The molecule has 11 heteroatoms. The number of aliphatic carboxylic acids is 1. The lowest BCUT2D eigenvalue weighted by atomic mass is 9.90. The van der Waals surface area contributed by atoms with Gasteiger partial charge in [-0.3, -0.25) is 9.10 Å². The third kappa shape index (κ3) is 5.10. The number of sulfonamides is 1. The Morgan fingerprint density at radius 3 is 2.45 bits per heavy atom. The topological polar surface area (TPSA) is 96.4 Å². The van der Waals surface area contributed by atoms with Gasteiger partial charge in [-0.2, -0.15) is 0 Å². The molecule has 200 valence electrons. The van der Waals surface area contributed by atoms with Crippen molar-refractivity contribution < 1.29 is 27.8 Å². The van der Waals surface area contributed by atoms with Crippen LogP contribution in [0.1, 0.15) is 24.3 Å². The Balaban J connectivity index is 1.46. The number of hydrogen-bond donors (Lipinski definition) is 1. The van der Waals surface area contributed by atoms with E-state index < -0.39 is 22.1 Å². The number of ether oxygens (including phenoxy) is 2. The van der Waals surface area contributed by atoms with Crippen LogP contribution in [-0.4, -0.2) is 52.3 Å². The molecule has 3 aromatic rings. The van der Waals surface area contributed by atoms with Gasteiger partial charge in [0.15, 0.2) is 0 Å².